The number of sulfonamides is 1. The molecule has 9 nitrogen and oxygen atoms in total. The van der Waals surface area contributed by atoms with E-state index >= 15 is 0 Å². The van der Waals surface area contributed by atoms with Crippen molar-refractivity contribution in [3.05, 3.63) is 71.0 Å². The Bertz CT molecular complexity index is 1660. The summed E-state index contributed by atoms with van der Waals surface area (Å²) in [5.41, 5.74) is 12.8. The molecule has 1 fully saturated rings. The van der Waals surface area contributed by atoms with Crippen LogP contribution in [0, 0.1) is 20.8 Å². The molecule has 2 aromatic heterocycles. The summed E-state index contributed by atoms with van der Waals surface area (Å²) in [6.45, 7) is 7.23. The van der Waals surface area contributed by atoms with Crippen molar-refractivity contribution in [3.63, 3.8) is 0 Å². The van der Waals surface area contributed by atoms with E-state index < -0.39 is 16.2 Å². The van der Waals surface area contributed by atoms with E-state index in [0.29, 0.717) is 29.9 Å². The smallest absolute Gasteiger partial charge is 0.243 e. The number of imidazole rings is 1. The van der Waals surface area contributed by atoms with Crippen LogP contribution < -0.4 is 11.1 Å². The van der Waals surface area contributed by atoms with Gasteiger partial charge in [-0.3, -0.25) is 9.88 Å². The first-order chi connectivity index (χ1) is 17.8. The topological polar surface area (TPSA) is 111 Å². The number of guanidine groups is 1. The molecule has 4 aromatic rings. The third-order valence-electron chi connectivity index (χ3n) is 7.46. The minimum atomic E-state index is -3.55. The van der Waals surface area contributed by atoms with Crippen molar-refractivity contribution in [1.29, 1.82) is 0 Å². The highest BCUT2D eigenvalue weighted by molar-refractivity contribution is 7.89. The van der Waals surface area contributed by atoms with Gasteiger partial charge in [0.05, 0.1) is 15.9 Å². The Labute approximate surface area is 216 Å². The summed E-state index contributed by atoms with van der Waals surface area (Å²) in [5.74, 6) is 0.956. The quantitative estimate of drug-likeness (QED) is 0.421. The van der Waals surface area contributed by atoms with Gasteiger partial charge in [0.15, 0.2) is 12.1 Å². The van der Waals surface area contributed by atoms with Crippen molar-refractivity contribution in [1.82, 2.24) is 18.4 Å². The summed E-state index contributed by atoms with van der Waals surface area (Å²) in [6.07, 6.45) is 2.49. The number of aliphatic imine (C=N–C) groups is 1. The molecule has 4 heterocycles. The minimum Gasteiger partial charge on any atom is -0.370 e. The van der Waals surface area contributed by atoms with Gasteiger partial charge in [0, 0.05) is 35.7 Å². The molecule has 2 aliphatic rings. The van der Waals surface area contributed by atoms with Gasteiger partial charge >= 0.3 is 0 Å². The van der Waals surface area contributed by atoms with Crippen molar-refractivity contribution in [2.45, 2.75) is 51.1 Å². The number of aryl methyl sites for hydroxylation is 2. The Morgan fingerprint density at radius 2 is 1.76 bits per heavy atom. The fraction of sp³-hybridized carbons (Fsp3) is 0.333. The SMILES string of the molecule is Cc1ccc(S(=O)(=O)N2CCCCC2)cc1-n1c(C)cc(C2N=C(N)Nc3nc4ccccc4n32)c1C. The third kappa shape index (κ3) is 3.82. The molecule has 192 valence electrons. The molecule has 0 radical (unpaired) electrons. The number of hydrogen-bond donors (Lipinski definition) is 2. The molecule has 2 aliphatic heterocycles. The van der Waals surface area contributed by atoms with Crippen LogP contribution >= 0.6 is 0 Å². The van der Waals surface area contributed by atoms with Crippen LogP contribution in [0.25, 0.3) is 16.7 Å². The fourth-order valence-corrected chi connectivity index (χ4v) is 7.13. The number of aromatic nitrogens is 3. The molecule has 0 aliphatic carbocycles. The summed E-state index contributed by atoms with van der Waals surface area (Å²) in [6, 6.07) is 15.5. The van der Waals surface area contributed by atoms with E-state index in [0.717, 1.165) is 58.5 Å². The maximum Gasteiger partial charge on any atom is 0.243 e. The Morgan fingerprint density at radius 3 is 2.54 bits per heavy atom. The van der Waals surface area contributed by atoms with Crippen LogP contribution in [0.1, 0.15) is 47.9 Å². The third-order valence-corrected chi connectivity index (χ3v) is 9.36. The first kappa shape index (κ1) is 23.7. The Balaban J connectivity index is 1.47. The second-order valence-electron chi connectivity index (χ2n) is 9.88. The summed E-state index contributed by atoms with van der Waals surface area (Å²) in [5, 5.41) is 3.09. The monoisotopic (exact) mass is 517 g/mol. The van der Waals surface area contributed by atoms with E-state index in [2.05, 4.69) is 20.5 Å². The molecule has 0 spiro atoms. The fourth-order valence-electron chi connectivity index (χ4n) is 5.59. The van der Waals surface area contributed by atoms with Crippen LogP contribution in [-0.2, 0) is 10.0 Å². The second kappa shape index (κ2) is 8.74. The van der Waals surface area contributed by atoms with Gasteiger partial charge in [0.25, 0.3) is 0 Å². The molecular formula is C27H31N7O2S. The largest absolute Gasteiger partial charge is 0.370 e. The number of fused-ring (bicyclic) bond motifs is 3. The number of nitrogens with zero attached hydrogens (tertiary/aromatic N) is 5. The average molecular weight is 518 g/mol. The molecule has 1 atom stereocenters. The van der Waals surface area contributed by atoms with Gasteiger partial charge in [-0.15, -0.1) is 0 Å². The van der Waals surface area contributed by atoms with Crippen LogP contribution in [0.3, 0.4) is 0 Å². The van der Waals surface area contributed by atoms with Crippen LogP contribution in [0.4, 0.5) is 5.95 Å². The van der Waals surface area contributed by atoms with Crippen LogP contribution in [0.15, 0.2) is 58.4 Å². The van der Waals surface area contributed by atoms with Crippen molar-refractivity contribution in [2.75, 3.05) is 18.4 Å². The predicted octanol–water partition coefficient (Wildman–Crippen LogP) is 4.21. The molecule has 0 bridgehead atoms. The van der Waals surface area contributed by atoms with Crippen molar-refractivity contribution < 1.29 is 8.42 Å². The maximum atomic E-state index is 13.4. The minimum absolute atomic E-state index is 0.309. The number of anilines is 1. The number of nitrogens with two attached hydrogens (primary N) is 1. The summed E-state index contributed by atoms with van der Waals surface area (Å²) in [7, 11) is -3.55. The highest BCUT2D eigenvalue weighted by Crippen LogP contribution is 2.36. The lowest BCUT2D eigenvalue weighted by molar-refractivity contribution is 0.346. The van der Waals surface area contributed by atoms with Gasteiger partial charge in [-0.2, -0.15) is 4.31 Å². The molecule has 6 rings (SSSR count). The zero-order valence-electron chi connectivity index (χ0n) is 21.3. The zero-order chi connectivity index (χ0) is 25.9. The molecule has 3 N–H and O–H groups in total. The molecule has 0 amide bonds. The van der Waals surface area contributed by atoms with Gasteiger partial charge in [0.1, 0.15) is 0 Å². The summed E-state index contributed by atoms with van der Waals surface area (Å²) >= 11 is 0. The van der Waals surface area contributed by atoms with Crippen molar-refractivity contribution in [2.24, 2.45) is 10.7 Å². The lowest BCUT2D eigenvalue weighted by Crippen LogP contribution is -2.35. The molecule has 10 heteroatoms. The first-order valence-corrected chi connectivity index (χ1v) is 14.1. The molecule has 37 heavy (non-hydrogen) atoms. The van der Waals surface area contributed by atoms with E-state index in [1.807, 2.05) is 51.1 Å². The standard InChI is InChI=1S/C27H31N7O2S/c1-17-11-12-20(37(35,36)32-13-7-4-8-14-32)16-24(17)33-18(2)15-21(19(33)3)25-30-26(28)31-27-29-22-9-5-6-10-23(22)34(25)27/h5-6,9-12,15-16,25H,4,7-8,13-14H2,1-3H3,(H3,28,29,30,31). The number of benzene rings is 2. The van der Waals surface area contributed by atoms with Gasteiger partial charge < -0.3 is 10.3 Å². The number of para-hydroxylation sites is 2. The van der Waals surface area contributed by atoms with Gasteiger partial charge in [-0.1, -0.05) is 24.6 Å². The van der Waals surface area contributed by atoms with Crippen LogP contribution in [-0.4, -0.2) is 45.9 Å². The van der Waals surface area contributed by atoms with E-state index in [1.54, 1.807) is 16.4 Å². The normalized spacial score (nSPS) is 18.5. The van der Waals surface area contributed by atoms with E-state index in [1.165, 1.54) is 0 Å². The van der Waals surface area contributed by atoms with Crippen LogP contribution in [0.2, 0.25) is 0 Å². The highest BCUT2D eigenvalue weighted by Gasteiger charge is 2.30. The number of hydrogen-bond acceptors (Lipinski definition) is 6. The maximum absolute atomic E-state index is 13.4. The van der Waals surface area contributed by atoms with Crippen molar-refractivity contribution in [3.8, 4) is 5.69 Å². The average Bonchev–Trinajstić information content (AvgIpc) is 3.40. The van der Waals surface area contributed by atoms with Gasteiger partial charge in [-0.05, 0) is 69.5 Å². The molecule has 0 saturated carbocycles. The van der Waals surface area contributed by atoms with Gasteiger partial charge in [-0.25, -0.2) is 18.4 Å². The number of rotatable bonds is 4. The van der Waals surface area contributed by atoms with Crippen molar-refractivity contribution >= 4 is 33.0 Å². The Morgan fingerprint density at radius 1 is 1.00 bits per heavy atom. The Kier molecular flexibility index (Phi) is 5.61. The summed E-state index contributed by atoms with van der Waals surface area (Å²) in [4.78, 5) is 9.79. The lowest BCUT2D eigenvalue weighted by Gasteiger charge is -2.26. The molecular weight excluding hydrogens is 486 g/mol. The zero-order valence-corrected chi connectivity index (χ0v) is 22.1. The van der Waals surface area contributed by atoms with E-state index in [-0.39, 0.29) is 0 Å². The predicted molar refractivity (Wildman–Crippen MR) is 146 cm³/mol. The highest BCUT2D eigenvalue weighted by atomic mass is 32.2. The number of nitrogens with one attached hydrogen (secondary N) is 1. The summed E-state index contributed by atoms with van der Waals surface area (Å²) < 4.78 is 32.7. The van der Waals surface area contributed by atoms with E-state index in [4.69, 9.17) is 15.7 Å². The van der Waals surface area contributed by atoms with Gasteiger partial charge in [0.2, 0.25) is 16.0 Å². The molecule has 1 unspecified atom stereocenters. The van der Waals surface area contributed by atoms with Crippen LogP contribution in [0.5, 0.6) is 0 Å². The molecule has 1 saturated heterocycles. The second-order valence-corrected chi connectivity index (χ2v) is 11.8. The van der Waals surface area contributed by atoms with E-state index in [9.17, 15) is 8.42 Å². The lowest BCUT2D eigenvalue weighted by atomic mass is 10.1. The first-order valence-electron chi connectivity index (χ1n) is 12.6. The molecule has 2 aromatic carbocycles. The Hall–Kier alpha value is -3.63. The number of piperidine rings is 1.